The van der Waals surface area contributed by atoms with E-state index in [1.54, 1.807) is 6.92 Å². The summed E-state index contributed by atoms with van der Waals surface area (Å²) in [5.74, 6) is -1.64. The lowest BCUT2D eigenvalue weighted by molar-refractivity contribution is -0.148. The van der Waals surface area contributed by atoms with Crippen molar-refractivity contribution in [2.45, 2.75) is 51.7 Å². The largest absolute Gasteiger partial charge is 0.481 e. The molecule has 0 saturated heterocycles. The van der Waals surface area contributed by atoms with Crippen LogP contribution in [0.15, 0.2) is 12.2 Å². The fourth-order valence-electron chi connectivity index (χ4n) is 2.40. The summed E-state index contributed by atoms with van der Waals surface area (Å²) in [4.78, 5) is 21.1. The summed E-state index contributed by atoms with van der Waals surface area (Å²) in [7, 11) is 0. The van der Waals surface area contributed by atoms with Crippen LogP contribution in [0.3, 0.4) is 0 Å². The van der Waals surface area contributed by atoms with E-state index in [0.717, 1.165) is 0 Å². The topological polar surface area (TPSA) is 115 Å². The minimum Gasteiger partial charge on any atom is -0.481 e. The van der Waals surface area contributed by atoms with E-state index in [9.17, 15) is 9.59 Å². The second-order valence-corrected chi connectivity index (χ2v) is 6.15. The maximum absolute atomic E-state index is 10.6. The summed E-state index contributed by atoms with van der Waals surface area (Å²) in [6.07, 6.45) is 3.74. The molecule has 4 N–H and O–H groups in total. The van der Waals surface area contributed by atoms with Gasteiger partial charge in [0.25, 0.3) is 0 Å². The summed E-state index contributed by atoms with van der Waals surface area (Å²) in [5, 5.41) is 35.5. The van der Waals surface area contributed by atoms with E-state index >= 15 is 0 Å². The second-order valence-electron chi connectivity index (χ2n) is 6.15. The Hall–Kier alpha value is -1.40. The Morgan fingerprint density at radius 1 is 0.900 bits per heavy atom. The van der Waals surface area contributed by atoms with Crippen LogP contribution in [0.5, 0.6) is 0 Å². The van der Waals surface area contributed by atoms with Gasteiger partial charge in [-0.05, 0) is 39.5 Å². The van der Waals surface area contributed by atoms with E-state index in [1.807, 2.05) is 12.2 Å². The summed E-state index contributed by atoms with van der Waals surface area (Å²) < 4.78 is 0. The van der Waals surface area contributed by atoms with Gasteiger partial charge < -0.3 is 20.4 Å². The first kappa shape index (κ1) is 16.7. The molecule has 0 spiro atoms. The molecule has 0 aromatic carbocycles. The number of hydrogen-bond acceptors (Lipinski definition) is 4. The number of aliphatic hydroxyl groups excluding tert-OH is 2. The van der Waals surface area contributed by atoms with E-state index in [4.69, 9.17) is 20.4 Å². The van der Waals surface area contributed by atoms with E-state index in [1.165, 1.54) is 6.92 Å². The van der Waals surface area contributed by atoms with Crippen molar-refractivity contribution in [3.05, 3.63) is 12.2 Å². The monoisotopic (exact) mass is 286 g/mol. The highest BCUT2D eigenvalue weighted by molar-refractivity contribution is 5.75. The summed E-state index contributed by atoms with van der Waals surface area (Å²) in [6.45, 7) is 3.31. The van der Waals surface area contributed by atoms with Gasteiger partial charge in [0.1, 0.15) is 0 Å². The highest BCUT2D eigenvalue weighted by Gasteiger charge is 2.45. The number of carbonyl (C=O) groups is 2. The maximum atomic E-state index is 10.6. The van der Waals surface area contributed by atoms with Crippen molar-refractivity contribution in [1.29, 1.82) is 0 Å². The van der Waals surface area contributed by atoms with Gasteiger partial charge >= 0.3 is 11.9 Å². The number of rotatable bonds is 2. The second kappa shape index (κ2) is 5.93. The Balaban J connectivity index is 0.000000204. The van der Waals surface area contributed by atoms with Crippen LogP contribution < -0.4 is 0 Å². The molecular weight excluding hydrogens is 264 g/mol. The fraction of sp³-hybridized carbons (Fsp3) is 0.714. The van der Waals surface area contributed by atoms with Gasteiger partial charge in [-0.15, -0.1) is 0 Å². The van der Waals surface area contributed by atoms with Gasteiger partial charge in [0, 0.05) is 0 Å². The molecule has 2 atom stereocenters. The number of carboxylic acid groups (broad SMARTS) is 2. The fourth-order valence-corrected chi connectivity index (χ4v) is 2.40. The van der Waals surface area contributed by atoms with Crippen LogP contribution in [0.25, 0.3) is 0 Å². The van der Waals surface area contributed by atoms with E-state index in [2.05, 4.69) is 0 Å². The van der Waals surface area contributed by atoms with E-state index in [-0.39, 0.29) is 12.8 Å². The van der Waals surface area contributed by atoms with Crippen molar-refractivity contribution in [1.82, 2.24) is 0 Å². The Kier molecular flexibility index (Phi) is 4.94. The zero-order valence-corrected chi connectivity index (χ0v) is 11.7. The molecule has 2 unspecified atom stereocenters. The van der Waals surface area contributed by atoms with Gasteiger partial charge in [0.05, 0.1) is 23.0 Å². The Morgan fingerprint density at radius 2 is 1.25 bits per heavy atom. The van der Waals surface area contributed by atoms with Gasteiger partial charge in [-0.1, -0.05) is 12.2 Å². The molecule has 6 nitrogen and oxygen atoms in total. The molecule has 0 amide bonds. The maximum Gasteiger partial charge on any atom is 0.309 e. The third kappa shape index (κ3) is 3.58. The molecule has 0 bridgehead atoms. The van der Waals surface area contributed by atoms with Crippen LogP contribution in [0, 0.1) is 10.8 Å². The van der Waals surface area contributed by atoms with Crippen LogP contribution in [0.1, 0.15) is 39.5 Å². The summed E-state index contributed by atoms with van der Waals surface area (Å²) >= 11 is 0. The number of carboxylic acids is 2. The Morgan fingerprint density at radius 3 is 1.45 bits per heavy atom. The SMILES string of the molecule is CC1(C(=O)O)CC(O)C(O)C1.CC1(C(=O)O)CC=CC1. The number of aliphatic hydroxyl groups is 2. The molecule has 2 rings (SSSR count). The summed E-state index contributed by atoms with van der Waals surface area (Å²) in [6, 6.07) is 0. The molecule has 0 heterocycles. The first-order chi connectivity index (χ1) is 9.11. The van der Waals surface area contributed by atoms with E-state index < -0.39 is 35.0 Å². The Bertz CT molecular complexity index is 396. The van der Waals surface area contributed by atoms with Gasteiger partial charge in [-0.3, -0.25) is 9.59 Å². The molecule has 2 aliphatic carbocycles. The Labute approximate surface area is 117 Å². The minimum absolute atomic E-state index is 0.142. The predicted octanol–water partition coefficient (Wildman–Crippen LogP) is 1.02. The molecular formula is C14H22O6. The standard InChI is InChI=1S/C7H12O4.C7H10O2/c1-7(6(10)11)2-4(8)5(9)3-7;1-7(6(8)9)4-2-3-5-7/h4-5,8-9H,2-3H2,1H3,(H,10,11);2-3H,4-5H2,1H3,(H,8,9). The molecule has 1 saturated carbocycles. The summed E-state index contributed by atoms with van der Waals surface area (Å²) in [5.41, 5.74) is -1.45. The number of hydrogen-bond donors (Lipinski definition) is 4. The third-order valence-corrected chi connectivity index (χ3v) is 4.10. The normalized spacial score (nSPS) is 34.4. The molecule has 0 radical (unpaired) electrons. The van der Waals surface area contributed by atoms with E-state index in [0.29, 0.717) is 12.8 Å². The zero-order valence-electron chi connectivity index (χ0n) is 11.7. The zero-order chi connectivity index (χ0) is 15.6. The molecule has 0 aromatic rings. The molecule has 6 heteroatoms. The highest BCUT2D eigenvalue weighted by Crippen LogP contribution is 2.38. The first-order valence-corrected chi connectivity index (χ1v) is 6.59. The molecule has 20 heavy (non-hydrogen) atoms. The van der Waals surface area contributed by atoms with Gasteiger partial charge in [-0.25, -0.2) is 0 Å². The van der Waals surface area contributed by atoms with Crippen LogP contribution in [-0.2, 0) is 9.59 Å². The minimum atomic E-state index is -0.951. The van der Waals surface area contributed by atoms with Crippen LogP contribution in [0.4, 0.5) is 0 Å². The van der Waals surface area contributed by atoms with Crippen LogP contribution >= 0.6 is 0 Å². The molecule has 2 aliphatic rings. The smallest absolute Gasteiger partial charge is 0.309 e. The quantitative estimate of drug-likeness (QED) is 0.563. The van der Waals surface area contributed by atoms with Crippen molar-refractivity contribution < 1.29 is 30.0 Å². The number of aliphatic carboxylic acids is 2. The average molecular weight is 286 g/mol. The predicted molar refractivity (Wildman–Crippen MR) is 71.1 cm³/mol. The van der Waals surface area contributed by atoms with Crippen molar-refractivity contribution in [3.63, 3.8) is 0 Å². The molecule has 0 aromatic heterocycles. The molecule has 114 valence electrons. The van der Waals surface area contributed by atoms with Crippen molar-refractivity contribution in [2.75, 3.05) is 0 Å². The first-order valence-electron chi connectivity index (χ1n) is 6.59. The van der Waals surface area contributed by atoms with Crippen LogP contribution in [-0.4, -0.2) is 44.6 Å². The average Bonchev–Trinajstić information content (AvgIpc) is 2.87. The molecule has 0 aliphatic heterocycles. The third-order valence-electron chi connectivity index (χ3n) is 4.10. The highest BCUT2D eigenvalue weighted by atomic mass is 16.4. The number of allylic oxidation sites excluding steroid dienone is 2. The van der Waals surface area contributed by atoms with Gasteiger partial charge in [0.2, 0.25) is 0 Å². The van der Waals surface area contributed by atoms with Crippen molar-refractivity contribution >= 4 is 11.9 Å². The lowest BCUT2D eigenvalue weighted by Crippen LogP contribution is -2.24. The lowest BCUT2D eigenvalue weighted by Gasteiger charge is -2.15. The van der Waals surface area contributed by atoms with Crippen molar-refractivity contribution in [3.8, 4) is 0 Å². The van der Waals surface area contributed by atoms with Gasteiger partial charge in [-0.2, -0.15) is 0 Å². The van der Waals surface area contributed by atoms with Crippen LogP contribution in [0.2, 0.25) is 0 Å². The molecule has 1 fully saturated rings. The van der Waals surface area contributed by atoms with Crippen molar-refractivity contribution in [2.24, 2.45) is 10.8 Å². The lowest BCUT2D eigenvalue weighted by atomic mass is 9.88. The van der Waals surface area contributed by atoms with Gasteiger partial charge in [0.15, 0.2) is 0 Å².